The maximum absolute atomic E-state index is 14.7. The number of aromatic amines is 2. The maximum atomic E-state index is 14.7. The minimum atomic E-state index is -0.535. The van der Waals surface area contributed by atoms with Crippen molar-refractivity contribution >= 4 is 39.3 Å². The van der Waals surface area contributed by atoms with Crippen LogP contribution in [0.3, 0.4) is 0 Å². The third-order valence-electron chi connectivity index (χ3n) is 7.26. The van der Waals surface area contributed by atoms with Gasteiger partial charge >= 0.3 is 0 Å². The molecular formula is C33H34FN9O. The van der Waals surface area contributed by atoms with Crippen molar-refractivity contribution in [2.75, 3.05) is 37.8 Å². The summed E-state index contributed by atoms with van der Waals surface area (Å²) in [5.74, 6) is -0.416. The molecule has 224 valence electrons. The summed E-state index contributed by atoms with van der Waals surface area (Å²) in [6.07, 6.45) is 5.04. The number of hydrogen-bond acceptors (Lipinski definition) is 7. The molecule has 1 aromatic carbocycles. The standard InChI is InChI=1S/C33H34FN9O/c1-33(2,3)32(44)38-23-14-20(17-35-18-23)26-6-7-27-29(39-26)30(42-41-27)28-16-25-24(8-9-37-31(25)40-28)19-12-21(34)15-22(13-19)36-10-11-43(4)5/h6-9,12-18,36H,10-11H2,1-5H3,(H,37,40)(H,38,44)(H,41,42). The van der Waals surface area contributed by atoms with Crippen LogP contribution in [0.15, 0.2) is 67.1 Å². The zero-order valence-corrected chi connectivity index (χ0v) is 25.3. The van der Waals surface area contributed by atoms with Crippen LogP contribution in [0, 0.1) is 11.2 Å². The Balaban J connectivity index is 1.35. The van der Waals surface area contributed by atoms with Gasteiger partial charge in [-0.15, -0.1) is 0 Å². The SMILES string of the molecule is CN(C)CCNc1cc(F)cc(-c2ccnc3[nH]c(-c4n[nH]c5ccc(-c6cncc(NC(=O)C(C)(C)C)c6)nc45)cc23)c1. The summed E-state index contributed by atoms with van der Waals surface area (Å²) >= 11 is 0. The highest BCUT2D eigenvalue weighted by Gasteiger charge is 2.22. The highest BCUT2D eigenvalue weighted by atomic mass is 19.1. The number of anilines is 2. The van der Waals surface area contributed by atoms with E-state index in [1.54, 1.807) is 18.6 Å². The lowest BCUT2D eigenvalue weighted by atomic mass is 9.95. The van der Waals surface area contributed by atoms with Crippen molar-refractivity contribution in [2.24, 2.45) is 5.41 Å². The van der Waals surface area contributed by atoms with Crippen LogP contribution in [-0.4, -0.2) is 68.1 Å². The quantitative estimate of drug-likeness (QED) is 0.163. The van der Waals surface area contributed by atoms with Crippen LogP contribution in [-0.2, 0) is 4.79 Å². The fraction of sp³-hybridized carbons (Fsp3) is 0.242. The number of carbonyl (C=O) groups excluding carboxylic acids is 1. The van der Waals surface area contributed by atoms with E-state index in [9.17, 15) is 9.18 Å². The minimum absolute atomic E-state index is 0.0983. The maximum Gasteiger partial charge on any atom is 0.229 e. The van der Waals surface area contributed by atoms with Crippen molar-refractivity contribution in [3.05, 3.63) is 72.9 Å². The Bertz CT molecular complexity index is 1990. The van der Waals surface area contributed by atoms with Gasteiger partial charge in [-0.2, -0.15) is 5.10 Å². The molecule has 0 radical (unpaired) electrons. The van der Waals surface area contributed by atoms with E-state index in [1.165, 1.54) is 12.1 Å². The van der Waals surface area contributed by atoms with E-state index < -0.39 is 5.41 Å². The molecule has 5 aromatic heterocycles. The fourth-order valence-corrected chi connectivity index (χ4v) is 4.89. The molecule has 0 aliphatic carbocycles. The molecule has 1 amide bonds. The number of amides is 1. The van der Waals surface area contributed by atoms with Crippen molar-refractivity contribution in [1.82, 2.24) is 35.0 Å². The van der Waals surface area contributed by atoms with Crippen LogP contribution in [0.2, 0.25) is 0 Å². The lowest BCUT2D eigenvalue weighted by Crippen LogP contribution is -2.27. The van der Waals surface area contributed by atoms with Gasteiger partial charge in [0.15, 0.2) is 0 Å². The summed E-state index contributed by atoms with van der Waals surface area (Å²) < 4.78 is 14.7. The van der Waals surface area contributed by atoms with Gasteiger partial charge < -0.3 is 20.5 Å². The van der Waals surface area contributed by atoms with Gasteiger partial charge in [0.25, 0.3) is 0 Å². The summed E-state index contributed by atoms with van der Waals surface area (Å²) in [4.78, 5) is 31.7. The summed E-state index contributed by atoms with van der Waals surface area (Å²) in [7, 11) is 4.00. The second kappa shape index (κ2) is 11.5. The number of likely N-dealkylation sites (N-methyl/N-ethyl adjacent to an activating group) is 1. The highest BCUT2D eigenvalue weighted by molar-refractivity contribution is 5.99. The molecule has 0 saturated heterocycles. The second-order valence-electron chi connectivity index (χ2n) is 12.1. The molecule has 10 nitrogen and oxygen atoms in total. The van der Waals surface area contributed by atoms with Crippen LogP contribution in [0.4, 0.5) is 15.8 Å². The van der Waals surface area contributed by atoms with Crippen LogP contribution >= 0.6 is 0 Å². The topological polar surface area (TPSA) is 128 Å². The van der Waals surface area contributed by atoms with Gasteiger partial charge in [0.1, 0.15) is 22.7 Å². The van der Waals surface area contributed by atoms with Gasteiger partial charge in [-0.1, -0.05) is 20.8 Å². The van der Waals surface area contributed by atoms with E-state index in [0.29, 0.717) is 40.5 Å². The third-order valence-corrected chi connectivity index (χ3v) is 7.26. The molecule has 0 atom stereocenters. The van der Waals surface area contributed by atoms with Crippen molar-refractivity contribution in [3.8, 4) is 33.8 Å². The summed E-state index contributed by atoms with van der Waals surface area (Å²) in [6.45, 7) is 7.10. The highest BCUT2D eigenvalue weighted by Crippen LogP contribution is 2.35. The summed E-state index contributed by atoms with van der Waals surface area (Å²) in [5, 5.41) is 14.7. The Morgan fingerprint density at radius 3 is 2.61 bits per heavy atom. The molecule has 6 aromatic rings. The first-order valence-electron chi connectivity index (χ1n) is 14.3. The first-order valence-corrected chi connectivity index (χ1v) is 14.3. The van der Waals surface area contributed by atoms with E-state index in [1.807, 2.05) is 71.3 Å². The molecule has 6 rings (SSSR count). The predicted molar refractivity (Wildman–Crippen MR) is 173 cm³/mol. The van der Waals surface area contributed by atoms with Gasteiger partial charge in [0.05, 0.1) is 28.8 Å². The number of pyridine rings is 3. The number of carbonyl (C=O) groups is 1. The molecule has 5 heterocycles. The first-order chi connectivity index (χ1) is 21.0. The Hall–Kier alpha value is -5.16. The summed E-state index contributed by atoms with van der Waals surface area (Å²) in [5.41, 5.74) is 7.24. The number of rotatable bonds is 8. The van der Waals surface area contributed by atoms with Crippen molar-refractivity contribution in [3.63, 3.8) is 0 Å². The zero-order chi connectivity index (χ0) is 31.0. The Morgan fingerprint density at radius 2 is 1.82 bits per heavy atom. The molecule has 0 aliphatic heterocycles. The average Bonchev–Trinajstić information content (AvgIpc) is 3.60. The van der Waals surface area contributed by atoms with Gasteiger partial charge in [-0.05, 0) is 73.8 Å². The zero-order valence-electron chi connectivity index (χ0n) is 25.3. The van der Waals surface area contributed by atoms with Crippen LogP contribution in [0.25, 0.3) is 55.8 Å². The van der Waals surface area contributed by atoms with E-state index in [-0.39, 0.29) is 11.7 Å². The van der Waals surface area contributed by atoms with E-state index in [4.69, 9.17) is 4.98 Å². The van der Waals surface area contributed by atoms with Gasteiger partial charge in [0.2, 0.25) is 5.91 Å². The molecule has 0 spiro atoms. The summed E-state index contributed by atoms with van der Waals surface area (Å²) in [6, 6.07) is 14.5. The fourth-order valence-electron chi connectivity index (χ4n) is 4.89. The molecule has 0 aliphatic rings. The van der Waals surface area contributed by atoms with Crippen LogP contribution in [0.5, 0.6) is 0 Å². The molecule has 11 heteroatoms. The lowest BCUT2D eigenvalue weighted by molar-refractivity contribution is -0.123. The van der Waals surface area contributed by atoms with Crippen molar-refractivity contribution in [2.45, 2.75) is 20.8 Å². The largest absolute Gasteiger partial charge is 0.384 e. The number of hydrogen-bond donors (Lipinski definition) is 4. The number of benzene rings is 1. The molecular weight excluding hydrogens is 557 g/mol. The Kier molecular flexibility index (Phi) is 7.56. The van der Waals surface area contributed by atoms with E-state index in [0.717, 1.165) is 39.8 Å². The Labute approximate surface area is 254 Å². The molecule has 4 N–H and O–H groups in total. The molecule has 0 fully saturated rings. The van der Waals surface area contributed by atoms with E-state index in [2.05, 4.69) is 40.7 Å². The number of aromatic nitrogens is 6. The monoisotopic (exact) mass is 591 g/mol. The normalized spacial score (nSPS) is 11.9. The lowest BCUT2D eigenvalue weighted by Gasteiger charge is -2.17. The average molecular weight is 592 g/mol. The first kappa shape index (κ1) is 28.9. The Morgan fingerprint density at radius 1 is 1.00 bits per heavy atom. The molecule has 44 heavy (non-hydrogen) atoms. The van der Waals surface area contributed by atoms with Crippen molar-refractivity contribution < 1.29 is 9.18 Å². The minimum Gasteiger partial charge on any atom is -0.384 e. The van der Waals surface area contributed by atoms with Gasteiger partial charge in [-0.25, -0.2) is 14.4 Å². The van der Waals surface area contributed by atoms with Gasteiger partial charge in [-0.3, -0.25) is 14.9 Å². The number of fused-ring (bicyclic) bond motifs is 2. The molecule has 0 bridgehead atoms. The molecule has 0 saturated carbocycles. The number of nitrogens with zero attached hydrogens (tertiary/aromatic N) is 5. The van der Waals surface area contributed by atoms with Crippen LogP contribution in [0.1, 0.15) is 20.8 Å². The number of halogens is 1. The van der Waals surface area contributed by atoms with Crippen molar-refractivity contribution in [1.29, 1.82) is 0 Å². The van der Waals surface area contributed by atoms with Crippen LogP contribution < -0.4 is 10.6 Å². The third kappa shape index (κ3) is 6.00. The smallest absolute Gasteiger partial charge is 0.229 e. The van der Waals surface area contributed by atoms with E-state index >= 15 is 0 Å². The second-order valence-corrected chi connectivity index (χ2v) is 12.1. The number of nitrogens with one attached hydrogen (secondary N) is 4. The molecule has 0 unspecified atom stereocenters. The van der Waals surface area contributed by atoms with Gasteiger partial charge in [0, 0.05) is 47.5 Å². The number of H-pyrrole nitrogens is 2. The predicted octanol–water partition coefficient (Wildman–Crippen LogP) is 6.33.